The molecule has 0 unspecified atom stereocenters. The molecule has 3 aromatic carbocycles. The first-order valence-corrected chi connectivity index (χ1v) is 10.1. The first kappa shape index (κ1) is 19.6. The minimum Gasteiger partial charge on any atom is -0.322 e. The average Bonchev–Trinajstić information content (AvgIpc) is 3.06. The number of benzene rings is 3. The Morgan fingerprint density at radius 3 is 2.66 bits per heavy atom. The van der Waals surface area contributed by atoms with E-state index in [0.717, 1.165) is 22.2 Å². The van der Waals surface area contributed by atoms with Gasteiger partial charge in [0.15, 0.2) is 0 Å². The third kappa shape index (κ3) is 3.74. The van der Waals surface area contributed by atoms with Crippen LogP contribution < -0.4 is 10.2 Å². The first-order valence-electron chi connectivity index (χ1n) is 10.1. The van der Waals surface area contributed by atoms with Crippen molar-refractivity contribution in [2.24, 2.45) is 0 Å². The zero-order chi connectivity index (χ0) is 22.1. The molecule has 0 atom stereocenters. The molecule has 1 aliphatic heterocycles. The van der Waals surface area contributed by atoms with Crippen molar-refractivity contribution < 1.29 is 14.0 Å². The van der Waals surface area contributed by atoms with Gasteiger partial charge in [0, 0.05) is 28.9 Å². The van der Waals surface area contributed by atoms with Crippen LogP contribution in [0.1, 0.15) is 11.1 Å². The zero-order valence-corrected chi connectivity index (χ0v) is 17.0. The molecule has 5 nitrogen and oxygen atoms in total. The number of carbonyl (C=O) groups excluding carboxylic acids is 2. The third-order valence-electron chi connectivity index (χ3n) is 5.36. The van der Waals surface area contributed by atoms with Gasteiger partial charge in [0.1, 0.15) is 5.82 Å². The number of hydrogen-bond donors (Lipinski definition) is 1. The van der Waals surface area contributed by atoms with Gasteiger partial charge in [-0.15, -0.1) is 0 Å². The molecular weight excluding hydrogens is 405 g/mol. The molecule has 6 heteroatoms. The van der Waals surface area contributed by atoms with Gasteiger partial charge in [0.05, 0.1) is 23.3 Å². The fourth-order valence-corrected chi connectivity index (χ4v) is 3.84. The number of aromatic nitrogens is 1. The first-order chi connectivity index (χ1) is 15.6. The Morgan fingerprint density at radius 1 is 1.00 bits per heavy atom. The predicted octanol–water partition coefficient (Wildman–Crippen LogP) is 4.94. The van der Waals surface area contributed by atoms with E-state index in [4.69, 9.17) is 0 Å². The van der Waals surface area contributed by atoms with Gasteiger partial charge in [-0.1, -0.05) is 36.4 Å². The molecule has 0 radical (unpaired) electrons. The second-order valence-electron chi connectivity index (χ2n) is 7.49. The number of pyridine rings is 1. The van der Waals surface area contributed by atoms with Crippen LogP contribution in [0.15, 0.2) is 91.1 Å². The van der Waals surface area contributed by atoms with Gasteiger partial charge in [-0.05, 0) is 48.0 Å². The molecule has 32 heavy (non-hydrogen) atoms. The molecule has 0 saturated heterocycles. The summed E-state index contributed by atoms with van der Waals surface area (Å²) >= 11 is 0. The van der Waals surface area contributed by atoms with Crippen molar-refractivity contribution in [1.82, 2.24) is 4.98 Å². The van der Waals surface area contributed by atoms with Gasteiger partial charge in [-0.3, -0.25) is 14.6 Å². The summed E-state index contributed by atoms with van der Waals surface area (Å²) < 4.78 is 13.2. The van der Waals surface area contributed by atoms with Crippen LogP contribution in [0.2, 0.25) is 0 Å². The summed E-state index contributed by atoms with van der Waals surface area (Å²) in [5.74, 6) is -0.993. The summed E-state index contributed by atoms with van der Waals surface area (Å²) in [7, 11) is 0. The lowest BCUT2D eigenvalue weighted by Crippen LogP contribution is -2.26. The van der Waals surface area contributed by atoms with Crippen molar-refractivity contribution in [3.8, 4) is 0 Å². The highest BCUT2D eigenvalue weighted by Crippen LogP contribution is 2.37. The monoisotopic (exact) mass is 423 g/mol. The van der Waals surface area contributed by atoms with Crippen LogP contribution in [0, 0.1) is 5.82 Å². The quantitative estimate of drug-likeness (QED) is 0.473. The molecule has 0 bridgehead atoms. The van der Waals surface area contributed by atoms with Crippen molar-refractivity contribution in [3.63, 3.8) is 0 Å². The average molecular weight is 423 g/mol. The van der Waals surface area contributed by atoms with Crippen molar-refractivity contribution in [3.05, 3.63) is 108 Å². The second kappa shape index (κ2) is 8.07. The largest absolute Gasteiger partial charge is 0.322 e. The minimum absolute atomic E-state index is 0.270. The minimum atomic E-state index is -0.393. The molecule has 0 fully saturated rings. The Hall–Kier alpha value is -4.32. The van der Waals surface area contributed by atoms with Gasteiger partial charge in [-0.25, -0.2) is 4.39 Å². The van der Waals surface area contributed by atoms with Gasteiger partial charge in [0.25, 0.3) is 5.91 Å². The van der Waals surface area contributed by atoms with E-state index in [2.05, 4.69) is 10.3 Å². The summed E-state index contributed by atoms with van der Waals surface area (Å²) in [6, 6.07) is 22.5. The number of carbonyl (C=O) groups is 2. The van der Waals surface area contributed by atoms with Crippen molar-refractivity contribution >= 4 is 39.7 Å². The van der Waals surface area contributed by atoms with Crippen molar-refractivity contribution in [2.75, 3.05) is 10.2 Å². The molecular formula is C26H18FN3O2. The molecule has 1 aliphatic rings. The van der Waals surface area contributed by atoms with Gasteiger partial charge in [0.2, 0.25) is 5.91 Å². The van der Waals surface area contributed by atoms with Crippen molar-refractivity contribution in [2.45, 2.75) is 6.54 Å². The SMILES string of the molecule is O=C(/C=C1/C(=O)N(Cc2ccc(F)cc2)c2ccccc21)Nc1ccc2ncccc2c1. The molecule has 2 amide bonds. The number of hydrogen-bond acceptors (Lipinski definition) is 3. The van der Waals surface area contributed by atoms with E-state index in [0.29, 0.717) is 16.8 Å². The van der Waals surface area contributed by atoms with Crippen molar-refractivity contribution in [1.29, 1.82) is 0 Å². The van der Waals surface area contributed by atoms with Gasteiger partial charge in [-0.2, -0.15) is 0 Å². The van der Waals surface area contributed by atoms with Crippen LogP contribution in [-0.4, -0.2) is 16.8 Å². The second-order valence-corrected chi connectivity index (χ2v) is 7.49. The molecule has 0 spiro atoms. The lowest BCUT2D eigenvalue weighted by atomic mass is 10.1. The Balaban J connectivity index is 1.42. The van der Waals surface area contributed by atoms with Crippen LogP contribution >= 0.6 is 0 Å². The number of anilines is 2. The number of nitrogens with zero attached hydrogens (tertiary/aromatic N) is 2. The molecule has 2 heterocycles. The smallest absolute Gasteiger partial charge is 0.259 e. The molecule has 156 valence electrons. The number of fused-ring (bicyclic) bond motifs is 2. The zero-order valence-electron chi connectivity index (χ0n) is 17.0. The van der Waals surface area contributed by atoms with E-state index in [-0.39, 0.29) is 18.3 Å². The van der Waals surface area contributed by atoms with E-state index in [9.17, 15) is 14.0 Å². The van der Waals surface area contributed by atoms with E-state index in [1.807, 2.05) is 48.5 Å². The maximum atomic E-state index is 13.2. The topological polar surface area (TPSA) is 62.3 Å². The van der Waals surface area contributed by atoms with Gasteiger partial charge >= 0.3 is 0 Å². The van der Waals surface area contributed by atoms with E-state index in [1.165, 1.54) is 18.2 Å². The lowest BCUT2D eigenvalue weighted by Gasteiger charge is -2.17. The van der Waals surface area contributed by atoms with Crippen LogP contribution in [0.4, 0.5) is 15.8 Å². The number of amides is 2. The fourth-order valence-electron chi connectivity index (χ4n) is 3.84. The van der Waals surface area contributed by atoms with Crippen LogP contribution in [0.5, 0.6) is 0 Å². The molecule has 1 aromatic heterocycles. The molecule has 0 aliphatic carbocycles. The summed E-state index contributed by atoms with van der Waals surface area (Å²) in [5, 5.41) is 3.74. The number of rotatable bonds is 4. The highest BCUT2D eigenvalue weighted by Gasteiger charge is 2.32. The molecule has 5 rings (SSSR count). The van der Waals surface area contributed by atoms with E-state index >= 15 is 0 Å². The Labute approximate surface area is 183 Å². The Bertz CT molecular complexity index is 1380. The molecule has 1 N–H and O–H groups in total. The van der Waals surface area contributed by atoms with Crippen LogP contribution in [0.25, 0.3) is 16.5 Å². The maximum Gasteiger partial charge on any atom is 0.259 e. The highest BCUT2D eigenvalue weighted by molar-refractivity contribution is 6.35. The Kier molecular flexibility index (Phi) is 4.95. The Morgan fingerprint density at radius 2 is 1.81 bits per heavy atom. The molecule has 0 saturated carbocycles. The van der Waals surface area contributed by atoms with Gasteiger partial charge < -0.3 is 10.2 Å². The standard InChI is InChI=1S/C26H18FN3O2/c27-19-9-7-17(8-10-19)16-30-24-6-2-1-5-21(24)22(26(30)32)15-25(31)29-20-11-12-23-18(14-20)4-3-13-28-23/h1-15H,16H2,(H,29,31)/b22-15+. The summed E-state index contributed by atoms with van der Waals surface area (Å²) in [6.07, 6.45) is 3.05. The third-order valence-corrected chi connectivity index (χ3v) is 5.36. The summed E-state index contributed by atoms with van der Waals surface area (Å²) in [4.78, 5) is 31.8. The fraction of sp³-hybridized carbons (Fsp3) is 0.0385. The molecule has 4 aromatic rings. The van der Waals surface area contributed by atoms with Crippen LogP contribution in [0.3, 0.4) is 0 Å². The lowest BCUT2D eigenvalue weighted by molar-refractivity contribution is -0.114. The van der Waals surface area contributed by atoms with E-state index in [1.54, 1.807) is 29.3 Å². The normalized spacial score (nSPS) is 14.1. The summed E-state index contributed by atoms with van der Waals surface area (Å²) in [6.45, 7) is 0.284. The number of halogens is 1. The number of para-hydroxylation sites is 1. The van der Waals surface area contributed by atoms with E-state index < -0.39 is 5.91 Å². The maximum absolute atomic E-state index is 13.2. The number of nitrogens with one attached hydrogen (secondary N) is 1. The predicted molar refractivity (Wildman–Crippen MR) is 122 cm³/mol. The summed E-state index contributed by atoms with van der Waals surface area (Å²) in [5.41, 5.74) is 3.98. The highest BCUT2D eigenvalue weighted by atomic mass is 19.1. The van der Waals surface area contributed by atoms with Crippen LogP contribution in [-0.2, 0) is 16.1 Å².